The zero-order valence-electron chi connectivity index (χ0n) is 11.4. The fraction of sp³-hybridized carbons (Fsp3) is 0.571. The quantitative estimate of drug-likeness (QED) is 0.866. The van der Waals surface area contributed by atoms with Crippen molar-refractivity contribution < 1.29 is 9.13 Å². The molecule has 0 aliphatic rings. The van der Waals surface area contributed by atoms with Gasteiger partial charge < -0.3 is 10.1 Å². The first kappa shape index (κ1) is 15.6. The van der Waals surface area contributed by atoms with Gasteiger partial charge in [0.25, 0.3) is 0 Å². The van der Waals surface area contributed by atoms with Gasteiger partial charge >= 0.3 is 0 Å². The Balaban J connectivity index is 2.85. The molecule has 0 aliphatic heterocycles. The highest BCUT2D eigenvalue weighted by atomic mass is 79.9. The van der Waals surface area contributed by atoms with Gasteiger partial charge in [0.2, 0.25) is 0 Å². The Labute approximate surface area is 117 Å². The second kappa shape index (κ2) is 6.64. The van der Waals surface area contributed by atoms with Crippen LogP contribution in [0.15, 0.2) is 22.7 Å². The molecule has 1 N–H and O–H groups in total. The molecule has 0 amide bonds. The molecular weight excluding hydrogens is 297 g/mol. The summed E-state index contributed by atoms with van der Waals surface area (Å²) in [5, 5.41) is 3.28. The second-order valence-corrected chi connectivity index (χ2v) is 5.67. The molecular formula is C14H21BrFNO. The van der Waals surface area contributed by atoms with Gasteiger partial charge in [-0.25, -0.2) is 4.39 Å². The molecule has 0 spiro atoms. The molecule has 18 heavy (non-hydrogen) atoms. The lowest BCUT2D eigenvalue weighted by molar-refractivity contribution is -0.0363. The number of halogens is 2. The average molecular weight is 318 g/mol. The molecule has 2 nitrogen and oxygen atoms in total. The number of hydrogen-bond donors (Lipinski definition) is 1. The predicted molar refractivity (Wildman–Crippen MR) is 76.4 cm³/mol. The molecule has 4 heteroatoms. The minimum atomic E-state index is -0.267. The Hall–Kier alpha value is -0.450. The number of benzene rings is 1. The Morgan fingerprint density at radius 2 is 2.11 bits per heavy atom. The lowest BCUT2D eigenvalue weighted by Gasteiger charge is -2.34. The van der Waals surface area contributed by atoms with Gasteiger partial charge in [-0.05, 0) is 51.9 Å². The Bertz CT molecular complexity index is 395. The minimum absolute atomic E-state index is 0.166. The van der Waals surface area contributed by atoms with Crippen molar-refractivity contribution in [3.8, 4) is 0 Å². The standard InChI is InChI=1S/C14H21BrFNO/c1-5-18-14(2,3)13(17-4)8-10-6-7-11(16)9-12(10)15/h6-7,9,13,17H,5,8H2,1-4H3. The summed E-state index contributed by atoms with van der Waals surface area (Å²) >= 11 is 3.40. The van der Waals surface area contributed by atoms with Crippen molar-refractivity contribution >= 4 is 15.9 Å². The summed E-state index contributed by atoms with van der Waals surface area (Å²) in [7, 11) is 1.92. The predicted octanol–water partition coefficient (Wildman–Crippen LogP) is 3.53. The molecule has 0 saturated heterocycles. The van der Waals surface area contributed by atoms with Crippen molar-refractivity contribution in [1.29, 1.82) is 0 Å². The van der Waals surface area contributed by atoms with E-state index in [1.165, 1.54) is 12.1 Å². The highest BCUT2D eigenvalue weighted by Crippen LogP contribution is 2.24. The third-order valence-electron chi connectivity index (χ3n) is 3.14. The van der Waals surface area contributed by atoms with Crippen LogP contribution in [0.3, 0.4) is 0 Å². The first-order chi connectivity index (χ1) is 8.40. The second-order valence-electron chi connectivity index (χ2n) is 4.82. The van der Waals surface area contributed by atoms with Crippen molar-refractivity contribution in [1.82, 2.24) is 5.32 Å². The number of rotatable bonds is 6. The first-order valence-electron chi connectivity index (χ1n) is 6.16. The van der Waals surface area contributed by atoms with Crippen molar-refractivity contribution in [2.45, 2.75) is 38.8 Å². The van der Waals surface area contributed by atoms with E-state index in [1.54, 1.807) is 0 Å². The molecule has 1 aromatic carbocycles. The average Bonchev–Trinajstić information content (AvgIpc) is 2.27. The third kappa shape index (κ3) is 4.04. The van der Waals surface area contributed by atoms with Crippen molar-refractivity contribution in [3.63, 3.8) is 0 Å². The van der Waals surface area contributed by atoms with Crippen LogP contribution in [0.2, 0.25) is 0 Å². The maximum absolute atomic E-state index is 13.1. The van der Waals surface area contributed by atoms with E-state index < -0.39 is 0 Å². The summed E-state index contributed by atoms with van der Waals surface area (Å²) in [6.45, 7) is 6.79. The SMILES string of the molecule is CCOC(C)(C)C(Cc1ccc(F)cc1Br)NC. The first-order valence-corrected chi connectivity index (χ1v) is 6.95. The number of likely N-dealkylation sites (N-methyl/N-ethyl adjacent to an activating group) is 1. The summed E-state index contributed by atoms with van der Waals surface area (Å²) in [5.41, 5.74) is 0.806. The number of nitrogens with one attached hydrogen (secondary N) is 1. The van der Waals surface area contributed by atoms with E-state index in [0.29, 0.717) is 6.61 Å². The molecule has 1 rings (SSSR count). The zero-order valence-corrected chi connectivity index (χ0v) is 13.0. The number of ether oxygens (including phenoxy) is 1. The van der Waals surface area contributed by atoms with Crippen LogP contribution >= 0.6 is 15.9 Å². The Morgan fingerprint density at radius 1 is 1.44 bits per heavy atom. The van der Waals surface area contributed by atoms with Crippen LogP contribution in [0.5, 0.6) is 0 Å². The molecule has 0 saturated carbocycles. The Kier molecular flexibility index (Phi) is 5.76. The van der Waals surface area contributed by atoms with Crippen LogP contribution in [0, 0.1) is 5.82 Å². The molecule has 0 aliphatic carbocycles. The van der Waals surface area contributed by atoms with Gasteiger partial charge in [0.15, 0.2) is 0 Å². The minimum Gasteiger partial charge on any atom is -0.374 e. The van der Waals surface area contributed by atoms with Crippen LogP contribution in [0.4, 0.5) is 4.39 Å². The third-order valence-corrected chi connectivity index (χ3v) is 3.88. The zero-order chi connectivity index (χ0) is 13.8. The summed E-state index contributed by atoms with van der Waals surface area (Å²) in [5.74, 6) is -0.226. The monoisotopic (exact) mass is 317 g/mol. The highest BCUT2D eigenvalue weighted by molar-refractivity contribution is 9.10. The maximum Gasteiger partial charge on any atom is 0.124 e. The van der Waals surface area contributed by atoms with Gasteiger partial charge in [-0.1, -0.05) is 22.0 Å². The lowest BCUT2D eigenvalue weighted by Crippen LogP contribution is -2.48. The van der Waals surface area contributed by atoms with Crippen molar-refractivity contribution in [2.24, 2.45) is 0 Å². The van der Waals surface area contributed by atoms with Crippen LogP contribution in [-0.2, 0) is 11.2 Å². The number of hydrogen-bond acceptors (Lipinski definition) is 2. The van der Waals surface area contributed by atoms with Gasteiger partial charge in [0, 0.05) is 17.1 Å². The van der Waals surface area contributed by atoms with Crippen LogP contribution in [-0.4, -0.2) is 25.3 Å². The smallest absolute Gasteiger partial charge is 0.124 e. The van der Waals surface area contributed by atoms with Gasteiger partial charge in [0.1, 0.15) is 5.82 Å². The van der Waals surface area contributed by atoms with Crippen molar-refractivity contribution in [3.05, 3.63) is 34.1 Å². The normalized spacial score (nSPS) is 13.7. The fourth-order valence-electron chi connectivity index (χ4n) is 2.08. The van der Waals surface area contributed by atoms with Crippen molar-refractivity contribution in [2.75, 3.05) is 13.7 Å². The van der Waals surface area contributed by atoms with E-state index >= 15 is 0 Å². The maximum atomic E-state index is 13.1. The molecule has 0 bridgehead atoms. The summed E-state index contributed by atoms with van der Waals surface area (Å²) in [6.07, 6.45) is 0.782. The highest BCUT2D eigenvalue weighted by Gasteiger charge is 2.29. The van der Waals surface area contributed by atoms with E-state index in [4.69, 9.17) is 4.74 Å². The van der Waals surface area contributed by atoms with Crippen LogP contribution in [0.25, 0.3) is 0 Å². The lowest BCUT2D eigenvalue weighted by atomic mass is 9.92. The molecule has 1 unspecified atom stereocenters. The van der Waals surface area contributed by atoms with Gasteiger partial charge in [-0.3, -0.25) is 0 Å². The molecule has 0 fully saturated rings. The van der Waals surface area contributed by atoms with E-state index in [0.717, 1.165) is 16.5 Å². The fourth-order valence-corrected chi connectivity index (χ4v) is 2.59. The van der Waals surface area contributed by atoms with E-state index in [9.17, 15) is 4.39 Å². The Morgan fingerprint density at radius 3 is 2.61 bits per heavy atom. The molecule has 0 radical (unpaired) electrons. The van der Waals surface area contributed by atoms with Gasteiger partial charge in [0.05, 0.1) is 5.60 Å². The summed E-state index contributed by atoms with van der Waals surface area (Å²) in [4.78, 5) is 0. The van der Waals surface area contributed by atoms with E-state index in [-0.39, 0.29) is 17.5 Å². The van der Waals surface area contributed by atoms with Gasteiger partial charge in [-0.2, -0.15) is 0 Å². The van der Waals surface area contributed by atoms with E-state index in [2.05, 4.69) is 35.1 Å². The summed E-state index contributed by atoms with van der Waals surface area (Å²) < 4.78 is 19.6. The molecule has 1 aromatic rings. The van der Waals surface area contributed by atoms with E-state index in [1.807, 2.05) is 20.0 Å². The largest absolute Gasteiger partial charge is 0.374 e. The van der Waals surface area contributed by atoms with Crippen LogP contribution in [0.1, 0.15) is 26.3 Å². The molecule has 0 aromatic heterocycles. The molecule has 0 heterocycles. The van der Waals surface area contributed by atoms with Crippen LogP contribution < -0.4 is 5.32 Å². The molecule has 102 valence electrons. The molecule has 1 atom stereocenters. The summed E-state index contributed by atoms with van der Waals surface area (Å²) in [6, 6.07) is 4.96. The van der Waals surface area contributed by atoms with Gasteiger partial charge in [-0.15, -0.1) is 0 Å². The topological polar surface area (TPSA) is 21.3 Å².